The number of carbonyl (C=O) groups excluding carboxylic acids is 1. The number of nitrogens with zero attached hydrogens (tertiary/aromatic N) is 2. The lowest BCUT2D eigenvalue weighted by atomic mass is 9.68. The van der Waals surface area contributed by atoms with E-state index in [0.29, 0.717) is 37.3 Å². The van der Waals surface area contributed by atoms with Crippen LogP contribution in [0.5, 0.6) is 5.75 Å². The van der Waals surface area contributed by atoms with Crippen LogP contribution >= 0.6 is 11.6 Å². The van der Waals surface area contributed by atoms with Crippen molar-refractivity contribution in [2.75, 3.05) is 45.3 Å². The highest BCUT2D eigenvalue weighted by Gasteiger charge is 2.45. The van der Waals surface area contributed by atoms with Crippen LogP contribution in [0.2, 0.25) is 5.02 Å². The van der Waals surface area contributed by atoms with Gasteiger partial charge in [-0.05, 0) is 111 Å². The molecule has 10 heteroatoms. The van der Waals surface area contributed by atoms with Crippen molar-refractivity contribution in [3.63, 3.8) is 0 Å². The minimum Gasteiger partial charge on any atom is -0.490 e. The Morgan fingerprint density at radius 2 is 1.91 bits per heavy atom. The molecule has 0 radical (unpaired) electrons. The van der Waals surface area contributed by atoms with Crippen molar-refractivity contribution in [1.82, 2.24) is 9.62 Å². The number of anilines is 1. The number of hydrogen-bond donors (Lipinski definition) is 1. The summed E-state index contributed by atoms with van der Waals surface area (Å²) in [6, 6.07) is 10.7. The van der Waals surface area contributed by atoms with E-state index in [1.165, 1.54) is 11.1 Å². The zero-order valence-corrected chi connectivity index (χ0v) is 27.1. The Hall–Kier alpha value is -2.59. The second kappa shape index (κ2) is 11.6. The molecule has 2 aromatic carbocycles. The first-order valence-corrected chi connectivity index (χ1v) is 17.8. The van der Waals surface area contributed by atoms with Crippen LogP contribution in [0.3, 0.4) is 0 Å². The molecule has 0 saturated heterocycles. The van der Waals surface area contributed by atoms with Gasteiger partial charge in [0.25, 0.3) is 15.9 Å². The second-order valence-corrected chi connectivity index (χ2v) is 15.7. The molecule has 2 aliphatic heterocycles. The Kier molecular flexibility index (Phi) is 7.96. The number of aryl methyl sites for hydroxylation is 1. The Labute approximate surface area is 265 Å². The van der Waals surface area contributed by atoms with E-state index in [1.54, 1.807) is 25.3 Å². The molecular formula is C34H42ClN3O5S. The SMILES string of the molecule is CO[C@@H]1/C=C/CN(C)C(C2CC2)C(=O)NS(=O)(=O)c2ccc3c(c2)N(C[C@@H]2CC[C@H]21)C[C@@]1(CCCc2cc(Cl)ccc21)CO3. The smallest absolute Gasteiger partial charge is 0.264 e. The number of likely N-dealkylation sites (N-methyl/N-ethyl adjacent to an activating group) is 1. The molecule has 7 rings (SSSR count). The molecule has 1 amide bonds. The molecule has 2 bridgehead atoms. The lowest BCUT2D eigenvalue weighted by molar-refractivity contribution is -0.124. The molecule has 3 aliphatic carbocycles. The van der Waals surface area contributed by atoms with E-state index in [-0.39, 0.29) is 22.3 Å². The average Bonchev–Trinajstić information content (AvgIpc) is 3.82. The molecule has 2 fully saturated rings. The predicted octanol–water partition coefficient (Wildman–Crippen LogP) is 4.94. The van der Waals surface area contributed by atoms with Crippen LogP contribution in [0.4, 0.5) is 5.69 Å². The van der Waals surface area contributed by atoms with Crippen LogP contribution in [0.25, 0.3) is 0 Å². The normalized spacial score (nSPS) is 32.8. The molecule has 44 heavy (non-hydrogen) atoms. The van der Waals surface area contributed by atoms with E-state index in [9.17, 15) is 13.2 Å². The largest absolute Gasteiger partial charge is 0.490 e. The molecule has 1 N–H and O–H groups in total. The van der Waals surface area contributed by atoms with Gasteiger partial charge in [0, 0.05) is 37.2 Å². The zero-order valence-electron chi connectivity index (χ0n) is 25.5. The van der Waals surface area contributed by atoms with Crippen molar-refractivity contribution in [3.05, 3.63) is 64.7 Å². The van der Waals surface area contributed by atoms with Crippen molar-refractivity contribution < 1.29 is 22.7 Å². The summed E-state index contributed by atoms with van der Waals surface area (Å²) in [6.45, 7) is 2.51. The summed E-state index contributed by atoms with van der Waals surface area (Å²) in [4.78, 5) is 17.9. The van der Waals surface area contributed by atoms with Crippen molar-refractivity contribution in [1.29, 1.82) is 0 Å². The van der Waals surface area contributed by atoms with E-state index in [4.69, 9.17) is 21.1 Å². The van der Waals surface area contributed by atoms with Gasteiger partial charge in [-0.2, -0.15) is 0 Å². The van der Waals surface area contributed by atoms with Gasteiger partial charge < -0.3 is 14.4 Å². The summed E-state index contributed by atoms with van der Waals surface area (Å²) in [7, 11) is -0.439. The number of benzene rings is 2. The Morgan fingerprint density at radius 3 is 2.66 bits per heavy atom. The molecule has 5 aliphatic rings. The molecule has 2 aromatic rings. The van der Waals surface area contributed by atoms with Crippen molar-refractivity contribution in [2.45, 2.75) is 67.4 Å². The third-order valence-corrected chi connectivity index (χ3v) is 12.3. The zero-order chi connectivity index (χ0) is 30.6. The summed E-state index contributed by atoms with van der Waals surface area (Å²) >= 11 is 6.42. The number of carbonyl (C=O) groups is 1. The third kappa shape index (κ3) is 5.54. The van der Waals surface area contributed by atoms with Crippen LogP contribution < -0.4 is 14.4 Å². The Balaban J connectivity index is 1.31. The van der Waals surface area contributed by atoms with E-state index < -0.39 is 22.0 Å². The fourth-order valence-corrected chi connectivity index (χ4v) is 9.32. The minimum atomic E-state index is -4.10. The van der Waals surface area contributed by atoms with Crippen molar-refractivity contribution >= 4 is 33.2 Å². The van der Waals surface area contributed by atoms with Gasteiger partial charge in [0.2, 0.25) is 0 Å². The first-order chi connectivity index (χ1) is 21.2. The number of rotatable bonds is 2. The van der Waals surface area contributed by atoms with Gasteiger partial charge in [0.05, 0.1) is 29.3 Å². The van der Waals surface area contributed by atoms with E-state index in [2.05, 4.69) is 33.9 Å². The highest BCUT2D eigenvalue weighted by Crippen LogP contribution is 2.47. The molecule has 0 aromatic heterocycles. The maximum absolute atomic E-state index is 13.7. The first-order valence-electron chi connectivity index (χ1n) is 15.9. The van der Waals surface area contributed by atoms with Crippen LogP contribution in [-0.4, -0.2) is 71.8 Å². The standard InChI is InChI=1S/C34H42ClN3O5S/c1-37-16-4-6-30(42-2)27-12-9-24(27)19-38-20-34(15-3-5-23-17-25(35)10-13-28(23)34)21-43-31-14-11-26(18-29(31)38)44(40,41)36-33(39)32(37)22-7-8-22/h4,6,10-11,13-14,17-18,22,24,27,30,32H,3,5,7-9,12,15-16,19-21H2,1-2H3,(H,36,39)/b6-4+/t24-,27+,30+,32?,34-/m0/s1. The first kappa shape index (κ1) is 30.1. The summed E-state index contributed by atoms with van der Waals surface area (Å²) in [6.07, 6.45) is 11.2. The second-order valence-electron chi connectivity index (χ2n) is 13.6. The highest BCUT2D eigenvalue weighted by molar-refractivity contribution is 7.90. The molecule has 1 spiro atoms. The quantitative estimate of drug-likeness (QED) is 0.466. The molecule has 236 valence electrons. The molecule has 8 nitrogen and oxygen atoms in total. The molecule has 5 atom stereocenters. The highest BCUT2D eigenvalue weighted by atomic mass is 35.5. The Morgan fingerprint density at radius 1 is 1.09 bits per heavy atom. The molecule has 2 saturated carbocycles. The predicted molar refractivity (Wildman–Crippen MR) is 171 cm³/mol. The fraction of sp³-hybridized carbons (Fsp3) is 0.559. The van der Waals surface area contributed by atoms with E-state index >= 15 is 0 Å². The van der Waals surface area contributed by atoms with E-state index in [0.717, 1.165) is 62.2 Å². The van der Waals surface area contributed by atoms with Crippen LogP contribution in [0.15, 0.2) is 53.4 Å². The molecular weight excluding hydrogens is 598 g/mol. The number of methoxy groups -OCH3 is 1. The molecule has 2 heterocycles. The fourth-order valence-electron chi connectivity index (χ4n) is 8.11. The maximum atomic E-state index is 13.7. The van der Waals surface area contributed by atoms with Gasteiger partial charge in [0.1, 0.15) is 5.75 Å². The maximum Gasteiger partial charge on any atom is 0.264 e. The monoisotopic (exact) mass is 639 g/mol. The van der Waals surface area contributed by atoms with Crippen LogP contribution in [0.1, 0.15) is 49.7 Å². The lowest BCUT2D eigenvalue weighted by Gasteiger charge is -2.46. The van der Waals surface area contributed by atoms with Gasteiger partial charge in [-0.1, -0.05) is 29.8 Å². The van der Waals surface area contributed by atoms with Crippen molar-refractivity contribution in [2.24, 2.45) is 17.8 Å². The number of ether oxygens (including phenoxy) is 2. The Bertz CT molecular complexity index is 1580. The van der Waals surface area contributed by atoms with Gasteiger partial charge in [0.15, 0.2) is 0 Å². The minimum absolute atomic E-state index is 0.0239. The summed E-state index contributed by atoms with van der Waals surface area (Å²) in [5, 5.41) is 0.742. The average molecular weight is 640 g/mol. The van der Waals surface area contributed by atoms with Gasteiger partial charge in [-0.15, -0.1) is 0 Å². The van der Waals surface area contributed by atoms with Crippen LogP contribution in [-0.2, 0) is 31.4 Å². The van der Waals surface area contributed by atoms with Crippen LogP contribution in [0, 0.1) is 17.8 Å². The lowest BCUT2D eigenvalue weighted by Crippen LogP contribution is -2.50. The van der Waals surface area contributed by atoms with Crippen molar-refractivity contribution in [3.8, 4) is 5.75 Å². The number of fused-ring (bicyclic) bond motifs is 4. The number of halogens is 1. The van der Waals surface area contributed by atoms with Gasteiger partial charge in [-0.25, -0.2) is 13.1 Å². The number of sulfonamides is 1. The van der Waals surface area contributed by atoms with Gasteiger partial charge in [-0.3, -0.25) is 9.69 Å². The van der Waals surface area contributed by atoms with Gasteiger partial charge >= 0.3 is 0 Å². The summed E-state index contributed by atoms with van der Waals surface area (Å²) in [5.74, 6) is 1.08. The molecule has 1 unspecified atom stereocenters. The van der Waals surface area contributed by atoms with E-state index in [1.807, 2.05) is 18.0 Å². The third-order valence-electron chi connectivity index (χ3n) is 10.7. The summed E-state index contributed by atoms with van der Waals surface area (Å²) < 4.78 is 42.5. The number of amides is 1. The summed E-state index contributed by atoms with van der Waals surface area (Å²) in [5.41, 5.74) is 3.04. The topological polar surface area (TPSA) is 88.2 Å². The number of hydrogen-bond acceptors (Lipinski definition) is 7. The number of nitrogens with one attached hydrogen (secondary N) is 1.